The normalized spacial score (nSPS) is 42.9. The van der Waals surface area contributed by atoms with Gasteiger partial charge in [-0.3, -0.25) is 9.89 Å². The molecule has 0 spiro atoms. The second-order valence-electron chi connectivity index (χ2n) is 8.77. The standard InChI is InChI=1S/C21H27F2N3O4/c1-11-12-7-8-26(19(12)24-10-25(11)2)20-16(28)15(27)18(30-20)17-13-5-3-4-6-14(13)21(22,23)9-29-17/h3-6,10-12,15-20,27-28H,7-9H2,1-2H3/t11?,12?,15-,16+,17+,18-,19?,20+/m0/s1. The van der Waals surface area contributed by atoms with E-state index >= 15 is 0 Å². The summed E-state index contributed by atoms with van der Waals surface area (Å²) in [6.45, 7) is 2.03. The van der Waals surface area contributed by atoms with Gasteiger partial charge in [-0.25, -0.2) is 0 Å². The lowest BCUT2D eigenvalue weighted by atomic mass is 9.90. The molecule has 2 N–H and O–H groups in total. The van der Waals surface area contributed by atoms with E-state index in [-0.39, 0.29) is 23.2 Å². The topological polar surface area (TPSA) is 77.8 Å². The van der Waals surface area contributed by atoms with E-state index in [0.29, 0.717) is 12.6 Å². The first kappa shape index (κ1) is 20.3. The Bertz CT molecular complexity index is 840. The van der Waals surface area contributed by atoms with Crippen molar-refractivity contribution in [2.24, 2.45) is 10.9 Å². The number of hydrogen-bond acceptors (Lipinski definition) is 7. The van der Waals surface area contributed by atoms with Crippen molar-refractivity contribution in [2.45, 2.75) is 62.1 Å². The number of aliphatic hydroxyl groups is 2. The van der Waals surface area contributed by atoms with Gasteiger partial charge in [0.25, 0.3) is 5.92 Å². The average Bonchev–Trinajstić information content (AvgIpc) is 3.27. The molecule has 0 aliphatic carbocycles. The summed E-state index contributed by atoms with van der Waals surface area (Å²) in [7, 11) is 1.99. The van der Waals surface area contributed by atoms with Gasteiger partial charge in [-0.15, -0.1) is 0 Å². The summed E-state index contributed by atoms with van der Waals surface area (Å²) in [5, 5.41) is 21.6. The molecule has 5 rings (SSSR count). The van der Waals surface area contributed by atoms with Crippen molar-refractivity contribution < 1.29 is 28.5 Å². The number of likely N-dealkylation sites (tertiary alicyclic amines) is 1. The minimum Gasteiger partial charge on any atom is -0.387 e. The van der Waals surface area contributed by atoms with E-state index in [2.05, 4.69) is 16.8 Å². The molecule has 164 valence electrons. The van der Waals surface area contributed by atoms with Crippen LogP contribution in [0.2, 0.25) is 0 Å². The molecule has 2 saturated heterocycles. The number of nitrogens with zero attached hydrogens (tertiary/aromatic N) is 3. The van der Waals surface area contributed by atoms with Crippen LogP contribution in [0.5, 0.6) is 0 Å². The highest BCUT2D eigenvalue weighted by Crippen LogP contribution is 2.46. The van der Waals surface area contributed by atoms with Crippen LogP contribution in [0.25, 0.3) is 0 Å². The van der Waals surface area contributed by atoms with Crippen LogP contribution < -0.4 is 0 Å². The van der Waals surface area contributed by atoms with Gasteiger partial charge in [0.2, 0.25) is 0 Å². The zero-order chi connectivity index (χ0) is 21.2. The molecule has 0 bridgehead atoms. The molecule has 1 aromatic carbocycles. The number of rotatable bonds is 2. The molecular formula is C21H27F2N3O4. The number of fused-ring (bicyclic) bond motifs is 2. The fraction of sp³-hybridized carbons (Fsp3) is 0.667. The van der Waals surface area contributed by atoms with E-state index in [1.54, 1.807) is 24.5 Å². The SMILES string of the molecule is CC1C2CCN([C@@H]3O[C@H]([C@@H]4OCC(F)(F)c5ccccc54)[C@@H](O)[C@H]3O)C2N=CN1C. The summed E-state index contributed by atoms with van der Waals surface area (Å²) in [4.78, 5) is 8.67. The Hall–Kier alpha value is -1.65. The lowest BCUT2D eigenvalue weighted by molar-refractivity contribution is -0.178. The van der Waals surface area contributed by atoms with E-state index < -0.39 is 43.2 Å². The molecule has 1 aromatic rings. The zero-order valence-corrected chi connectivity index (χ0v) is 16.9. The summed E-state index contributed by atoms with van der Waals surface area (Å²) >= 11 is 0. The molecule has 0 radical (unpaired) electrons. The number of aliphatic imine (C=N–C) groups is 1. The van der Waals surface area contributed by atoms with Crippen LogP contribution in [0.4, 0.5) is 8.78 Å². The maximum Gasteiger partial charge on any atom is 0.296 e. The molecule has 7 nitrogen and oxygen atoms in total. The minimum absolute atomic E-state index is 0.120. The maximum atomic E-state index is 14.3. The van der Waals surface area contributed by atoms with Crippen LogP contribution in [0.1, 0.15) is 30.6 Å². The molecule has 0 saturated carbocycles. The molecule has 2 fully saturated rings. The third-order valence-electron chi connectivity index (χ3n) is 7.11. The number of hydrogen-bond donors (Lipinski definition) is 2. The number of alkyl halides is 2. The van der Waals surface area contributed by atoms with Crippen LogP contribution in [0.15, 0.2) is 29.3 Å². The van der Waals surface area contributed by atoms with Gasteiger partial charge in [-0.05, 0) is 18.9 Å². The number of benzene rings is 1. The van der Waals surface area contributed by atoms with Crippen LogP contribution in [0, 0.1) is 5.92 Å². The maximum absolute atomic E-state index is 14.3. The van der Waals surface area contributed by atoms with E-state index in [0.717, 1.165) is 6.42 Å². The largest absolute Gasteiger partial charge is 0.387 e. The zero-order valence-electron chi connectivity index (χ0n) is 16.9. The van der Waals surface area contributed by atoms with Crippen molar-refractivity contribution in [1.29, 1.82) is 0 Å². The fourth-order valence-corrected chi connectivity index (χ4v) is 5.29. The second kappa shape index (κ2) is 7.20. The summed E-state index contributed by atoms with van der Waals surface area (Å²) in [6, 6.07) is 6.46. The first-order valence-corrected chi connectivity index (χ1v) is 10.4. The van der Waals surface area contributed by atoms with Gasteiger partial charge >= 0.3 is 0 Å². The van der Waals surface area contributed by atoms with Gasteiger partial charge < -0.3 is 24.6 Å². The number of aliphatic hydroxyl groups excluding tert-OH is 2. The number of ether oxygens (including phenoxy) is 2. The molecule has 8 atom stereocenters. The first-order chi connectivity index (χ1) is 14.3. The Morgan fingerprint density at radius 3 is 2.77 bits per heavy atom. The Kier molecular flexibility index (Phi) is 4.86. The monoisotopic (exact) mass is 423 g/mol. The van der Waals surface area contributed by atoms with Crippen molar-refractivity contribution in [3.63, 3.8) is 0 Å². The van der Waals surface area contributed by atoms with Gasteiger partial charge in [0.15, 0.2) is 0 Å². The summed E-state index contributed by atoms with van der Waals surface area (Å²) in [6.07, 6.45) is -2.50. The summed E-state index contributed by atoms with van der Waals surface area (Å²) < 4.78 is 40.2. The molecule has 9 heteroatoms. The predicted molar refractivity (Wildman–Crippen MR) is 104 cm³/mol. The van der Waals surface area contributed by atoms with Gasteiger partial charge in [0, 0.05) is 31.1 Å². The smallest absolute Gasteiger partial charge is 0.296 e. The lowest BCUT2D eigenvalue weighted by Gasteiger charge is -2.39. The third-order valence-corrected chi connectivity index (χ3v) is 7.11. The van der Waals surface area contributed by atoms with Crippen molar-refractivity contribution in [2.75, 3.05) is 20.2 Å². The van der Waals surface area contributed by atoms with E-state index in [1.807, 2.05) is 11.9 Å². The fourth-order valence-electron chi connectivity index (χ4n) is 5.29. The quantitative estimate of drug-likeness (QED) is 0.747. The molecule has 4 aliphatic heterocycles. The van der Waals surface area contributed by atoms with Crippen molar-refractivity contribution in [3.8, 4) is 0 Å². The van der Waals surface area contributed by atoms with Crippen LogP contribution in [-0.2, 0) is 15.4 Å². The van der Waals surface area contributed by atoms with Crippen LogP contribution in [-0.4, -0.2) is 83.3 Å². The molecular weight excluding hydrogens is 396 g/mol. The molecule has 30 heavy (non-hydrogen) atoms. The van der Waals surface area contributed by atoms with E-state index in [9.17, 15) is 19.0 Å². The molecule has 0 aromatic heterocycles. The van der Waals surface area contributed by atoms with Gasteiger partial charge in [0.1, 0.15) is 43.4 Å². The van der Waals surface area contributed by atoms with Gasteiger partial charge in [0.05, 0.1) is 6.34 Å². The Labute approximate surface area is 173 Å². The predicted octanol–water partition coefficient (Wildman–Crippen LogP) is 1.31. The highest BCUT2D eigenvalue weighted by molar-refractivity contribution is 5.56. The number of halogens is 2. The first-order valence-electron chi connectivity index (χ1n) is 10.4. The van der Waals surface area contributed by atoms with Crippen molar-refractivity contribution in [3.05, 3.63) is 35.4 Å². The average molecular weight is 423 g/mol. The Balaban J connectivity index is 1.41. The van der Waals surface area contributed by atoms with Gasteiger partial charge in [-0.1, -0.05) is 24.3 Å². The van der Waals surface area contributed by atoms with Crippen molar-refractivity contribution >= 4 is 6.34 Å². The van der Waals surface area contributed by atoms with Crippen LogP contribution >= 0.6 is 0 Å². The highest BCUT2D eigenvalue weighted by atomic mass is 19.3. The van der Waals surface area contributed by atoms with Crippen LogP contribution in [0.3, 0.4) is 0 Å². The second-order valence-corrected chi connectivity index (χ2v) is 8.77. The Morgan fingerprint density at radius 1 is 1.20 bits per heavy atom. The van der Waals surface area contributed by atoms with E-state index in [1.165, 1.54) is 6.07 Å². The van der Waals surface area contributed by atoms with E-state index in [4.69, 9.17) is 9.47 Å². The van der Waals surface area contributed by atoms with Gasteiger partial charge in [-0.2, -0.15) is 8.78 Å². The third kappa shape index (κ3) is 2.98. The molecule has 4 heterocycles. The van der Waals surface area contributed by atoms with Crippen molar-refractivity contribution in [1.82, 2.24) is 9.80 Å². The lowest BCUT2D eigenvalue weighted by Crippen LogP contribution is -2.51. The summed E-state index contributed by atoms with van der Waals surface area (Å²) in [5.74, 6) is -2.81. The minimum atomic E-state index is -3.10. The molecule has 4 aliphatic rings. The highest BCUT2D eigenvalue weighted by Gasteiger charge is 2.55. The Morgan fingerprint density at radius 2 is 1.97 bits per heavy atom. The summed E-state index contributed by atoms with van der Waals surface area (Å²) in [5.41, 5.74) is 0.167. The molecule has 3 unspecified atom stereocenters. The molecule has 0 amide bonds.